The smallest absolute Gasteiger partial charge is 0.188 e. The molecule has 1 atom stereocenters. The van der Waals surface area contributed by atoms with E-state index in [1.165, 1.54) is 5.69 Å². The number of hydrogen-bond donors (Lipinski definition) is 2. The summed E-state index contributed by atoms with van der Waals surface area (Å²) in [6, 6.07) is 7.99. The first-order chi connectivity index (χ1) is 12.9. The molecule has 0 aliphatic carbocycles. The van der Waals surface area contributed by atoms with Crippen LogP contribution in [0.1, 0.15) is 23.9 Å². The van der Waals surface area contributed by atoms with Crippen LogP contribution in [-0.4, -0.2) is 43.0 Å². The van der Waals surface area contributed by atoms with Gasteiger partial charge in [-0.3, -0.25) is 9.67 Å². The van der Waals surface area contributed by atoms with Gasteiger partial charge in [-0.05, 0) is 49.9 Å². The number of aryl methyl sites for hydroxylation is 2. The van der Waals surface area contributed by atoms with Gasteiger partial charge < -0.3 is 20.5 Å². The molecule has 0 aliphatic heterocycles. The molecule has 2 rings (SSSR count). The van der Waals surface area contributed by atoms with Gasteiger partial charge in [-0.2, -0.15) is 5.10 Å². The maximum atomic E-state index is 5.99. The monoisotopic (exact) mass is 501 g/mol. The number of hydrogen-bond acceptors (Lipinski definition) is 4. The van der Waals surface area contributed by atoms with E-state index in [0.717, 1.165) is 35.7 Å². The molecule has 7 nitrogen and oxygen atoms in total. The maximum absolute atomic E-state index is 5.99. The quantitative estimate of drug-likeness (QED) is 0.314. The van der Waals surface area contributed by atoms with Gasteiger partial charge in [0.25, 0.3) is 0 Å². The molecule has 1 aromatic carbocycles. The SMILES string of the molecule is COc1ccc(CCNC(N)=NCC(C)Cn2nc(C)cc2C)cc1OC.I. The van der Waals surface area contributed by atoms with Gasteiger partial charge in [0, 0.05) is 25.3 Å². The van der Waals surface area contributed by atoms with Crippen LogP contribution in [0.4, 0.5) is 0 Å². The summed E-state index contributed by atoms with van der Waals surface area (Å²) < 4.78 is 12.6. The number of nitrogens with two attached hydrogens (primary N) is 1. The number of nitrogens with one attached hydrogen (secondary N) is 1. The van der Waals surface area contributed by atoms with E-state index in [9.17, 15) is 0 Å². The number of rotatable bonds is 9. The molecule has 28 heavy (non-hydrogen) atoms. The molecule has 156 valence electrons. The van der Waals surface area contributed by atoms with Crippen molar-refractivity contribution in [1.82, 2.24) is 15.1 Å². The third-order valence-electron chi connectivity index (χ3n) is 4.33. The number of benzene rings is 1. The number of nitrogens with zero attached hydrogens (tertiary/aromatic N) is 3. The highest BCUT2D eigenvalue weighted by Gasteiger charge is 2.07. The van der Waals surface area contributed by atoms with Gasteiger partial charge in [0.05, 0.1) is 19.9 Å². The van der Waals surface area contributed by atoms with Crippen molar-refractivity contribution in [3.8, 4) is 11.5 Å². The number of guanidine groups is 1. The van der Waals surface area contributed by atoms with Crippen molar-refractivity contribution in [2.24, 2.45) is 16.6 Å². The predicted molar refractivity (Wildman–Crippen MR) is 124 cm³/mol. The molecule has 0 aliphatic rings. The van der Waals surface area contributed by atoms with Gasteiger partial charge in [-0.15, -0.1) is 24.0 Å². The van der Waals surface area contributed by atoms with Gasteiger partial charge in [-0.1, -0.05) is 13.0 Å². The van der Waals surface area contributed by atoms with Crippen LogP contribution in [0.3, 0.4) is 0 Å². The Morgan fingerprint density at radius 2 is 1.93 bits per heavy atom. The Bertz CT molecular complexity index is 776. The number of aliphatic imine (C=N–C) groups is 1. The summed E-state index contributed by atoms with van der Waals surface area (Å²) in [4.78, 5) is 4.45. The Balaban J connectivity index is 0.00000392. The minimum Gasteiger partial charge on any atom is -0.493 e. The molecule has 2 aromatic rings. The number of halogens is 1. The molecule has 0 amide bonds. The van der Waals surface area contributed by atoms with E-state index in [-0.39, 0.29) is 24.0 Å². The van der Waals surface area contributed by atoms with Gasteiger partial charge in [-0.25, -0.2) is 0 Å². The lowest BCUT2D eigenvalue weighted by Crippen LogP contribution is -2.33. The first-order valence-electron chi connectivity index (χ1n) is 9.18. The third kappa shape index (κ3) is 7.21. The lowest BCUT2D eigenvalue weighted by atomic mass is 10.1. The van der Waals surface area contributed by atoms with Crippen molar-refractivity contribution in [1.29, 1.82) is 0 Å². The standard InChI is InChI=1S/C20H31N5O2.HI/c1-14(13-25-16(3)10-15(2)24-25)12-23-20(21)22-9-8-17-6-7-18(26-4)19(11-17)27-5;/h6-7,10-11,14H,8-9,12-13H2,1-5H3,(H3,21,22,23);1H. The second-order valence-electron chi connectivity index (χ2n) is 6.81. The fraction of sp³-hybridized carbons (Fsp3) is 0.500. The Morgan fingerprint density at radius 3 is 2.54 bits per heavy atom. The van der Waals surface area contributed by atoms with Crippen LogP contribution in [0, 0.1) is 19.8 Å². The van der Waals surface area contributed by atoms with Crippen molar-refractivity contribution in [3.63, 3.8) is 0 Å². The number of aromatic nitrogens is 2. The Labute approximate surface area is 184 Å². The van der Waals surface area contributed by atoms with Crippen molar-refractivity contribution in [2.75, 3.05) is 27.3 Å². The van der Waals surface area contributed by atoms with E-state index in [0.29, 0.717) is 25.0 Å². The van der Waals surface area contributed by atoms with Crippen LogP contribution in [0.5, 0.6) is 11.5 Å². The van der Waals surface area contributed by atoms with Crippen molar-refractivity contribution in [3.05, 3.63) is 41.2 Å². The largest absolute Gasteiger partial charge is 0.493 e. The van der Waals surface area contributed by atoms with Crippen molar-refractivity contribution in [2.45, 2.75) is 33.7 Å². The Morgan fingerprint density at radius 1 is 1.21 bits per heavy atom. The number of ether oxygens (including phenoxy) is 2. The summed E-state index contributed by atoms with van der Waals surface area (Å²) in [5.74, 6) is 2.28. The van der Waals surface area contributed by atoms with Gasteiger partial charge in [0.15, 0.2) is 17.5 Å². The van der Waals surface area contributed by atoms with Gasteiger partial charge in [0.1, 0.15) is 0 Å². The molecule has 0 saturated heterocycles. The van der Waals surface area contributed by atoms with Crippen LogP contribution >= 0.6 is 24.0 Å². The molecule has 8 heteroatoms. The molecule has 1 heterocycles. The lowest BCUT2D eigenvalue weighted by molar-refractivity contribution is 0.354. The molecule has 0 fully saturated rings. The van der Waals surface area contributed by atoms with Gasteiger partial charge >= 0.3 is 0 Å². The maximum Gasteiger partial charge on any atom is 0.188 e. The Kier molecular flexibility index (Phi) is 10.1. The van der Waals surface area contributed by atoms with Crippen LogP contribution in [0.2, 0.25) is 0 Å². The third-order valence-corrected chi connectivity index (χ3v) is 4.33. The first kappa shape index (κ1) is 24.1. The molecular weight excluding hydrogens is 469 g/mol. The summed E-state index contributed by atoms with van der Waals surface area (Å²) in [7, 11) is 3.27. The highest BCUT2D eigenvalue weighted by Crippen LogP contribution is 2.27. The van der Waals surface area contributed by atoms with E-state index in [4.69, 9.17) is 15.2 Å². The number of methoxy groups -OCH3 is 2. The molecule has 1 aromatic heterocycles. The molecule has 0 bridgehead atoms. The van der Waals surface area contributed by atoms with E-state index < -0.39 is 0 Å². The summed E-state index contributed by atoms with van der Waals surface area (Å²) >= 11 is 0. The highest BCUT2D eigenvalue weighted by atomic mass is 127. The molecule has 1 unspecified atom stereocenters. The molecule has 3 N–H and O–H groups in total. The van der Waals surface area contributed by atoms with Crippen LogP contribution < -0.4 is 20.5 Å². The zero-order valence-electron chi connectivity index (χ0n) is 17.4. The van der Waals surface area contributed by atoms with E-state index in [1.54, 1.807) is 14.2 Å². The second-order valence-corrected chi connectivity index (χ2v) is 6.81. The second kappa shape index (κ2) is 11.8. The predicted octanol–water partition coefficient (Wildman–Crippen LogP) is 2.92. The molecule has 0 saturated carbocycles. The molecule has 0 spiro atoms. The van der Waals surface area contributed by atoms with Gasteiger partial charge in [0.2, 0.25) is 0 Å². The lowest BCUT2D eigenvalue weighted by Gasteiger charge is -2.12. The average molecular weight is 501 g/mol. The summed E-state index contributed by atoms with van der Waals surface area (Å²) in [6.45, 7) is 8.43. The fourth-order valence-corrected chi connectivity index (χ4v) is 2.89. The van der Waals surface area contributed by atoms with Crippen LogP contribution in [0.25, 0.3) is 0 Å². The zero-order chi connectivity index (χ0) is 19.8. The minimum absolute atomic E-state index is 0. The summed E-state index contributed by atoms with van der Waals surface area (Å²) in [5.41, 5.74) is 9.34. The summed E-state index contributed by atoms with van der Waals surface area (Å²) in [6.07, 6.45) is 0.817. The normalized spacial score (nSPS) is 12.2. The van der Waals surface area contributed by atoms with Crippen LogP contribution in [-0.2, 0) is 13.0 Å². The van der Waals surface area contributed by atoms with E-state index in [1.807, 2.05) is 29.8 Å². The highest BCUT2D eigenvalue weighted by molar-refractivity contribution is 14.0. The van der Waals surface area contributed by atoms with E-state index in [2.05, 4.69) is 35.3 Å². The van der Waals surface area contributed by atoms with Crippen molar-refractivity contribution >= 4 is 29.9 Å². The summed E-state index contributed by atoms with van der Waals surface area (Å²) in [5, 5.41) is 7.65. The van der Waals surface area contributed by atoms with Crippen LogP contribution in [0.15, 0.2) is 29.3 Å². The Hall–Kier alpha value is -1.97. The fourth-order valence-electron chi connectivity index (χ4n) is 2.89. The van der Waals surface area contributed by atoms with Crippen molar-refractivity contribution < 1.29 is 9.47 Å². The minimum atomic E-state index is 0. The molecule has 0 radical (unpaired) electrons. The molecular formula is C20H32IN5O2. The first-order valence-corrected chi connectivity index (χ1v) is 9.18. The average Bonchev–Trinajstić information content (AvgIpc) is 2.96. The zero-order valence-corrected chi connectivity index (χ0v) is 19.7. The van der Waals surface area contributed by atoms with E-state index >= 15 is 0 Å². The topological polar surface area (TPSA) is 86.7 Å².